The Balaban J connectivity index is 1.56. The number of benzene rings is 1. The zero-order valence-corrected chi connectivity index (χ0v) is 14.8. The lowest BCUT2D eigenvalue weighted by Gasteiger charge is -2.21. The fraction of sp³-hybridized carbons (Fsp3) is 0.455. The normalized spacial score (nSPS) is 33.1. The van der Waals surface area contributed by atoms with Gasteiger partial charge in [0, 0.05) is 11.8 Å². The lowest BCUT2D eigenvalue weighted by molar-refractivity contribution is -0.122. The average molecular weight is 333 g/mol. The number of carbonyl (C=O) groups excluding carboxylic acids is 2. The van der Waals surface area contributed by atoms with E-state index in [1.54, 1.807) is 0 Å². The van der Waals surface area contributed by atoms with Gasteiger partial charge in [-0.05, 0) is 51.2 Å². The summed E-state index contributed by atoms with van der Waals surface area (Å²) in [4.78, 5) is 27.9. The number of fused-ring (bicyclic) bond motifs is 5. The molecule has 4 atom stereocenters. The molecule has 4 aliphatic rings. The predicted molar refractivity (Wildman–Crippen MR) is 97.0 cm³/mol. The summed E-state index contributed by atoms with van der Waals surface area (Å²) < 4.78 is 0. The zero-order valence-electron chi connectivity index (χ0n) is 14.8. The number of rotatable bonds is 1. The Kier molecular flexibility index (Phi) is 3.13. The molecule has 5 rings (SSSR count). The molecule has 3 nitrogen and oxygen atoms in total. The number of imide groups is 1. The van der Waals surface area contributed by atoms with E-state index >= 15 is 0 Å². The number of anilines is 1. The van der Waals surface area contributed by atoms with Crippen molar-refractivity contribution in [3.05, 3.63) is 52.6 Å². The second-order valence-corrected chi connectivity index (χ2v) is 8.06. The van der Waals surface area contributed by atoms with Crippen LogP contribution in [0.15, 0.2) is 41.5 Å². The van der Waals surface area contributed by atoms with Gasteiger partial charge in [0.2, 0.25) is 11.8 Å². The zero-order chi connectivity index (χ0) is 17.3. The summed E-state index contributed by atoms with van der Waals surface area (Å²) in [6, 6.07) is 5.95. The molecule has 128 valence electrons. The maximum Gasteiger partial charge on any atom is 0.238 e. The first-order valence-electron chi connectivity index (χ1n) is 9.43. The quantitative estimate of drug-likeness (QED) is 0.573. The standard InChI is InChI=1S/C22H23NO2/c1-12-7-10-17(13(2)11-12)23-21(24)19-15-8-9-16(20(19)22(23)25)18(15)14-5-3-4-6-14/h7-11,15-16,19-20H,3-6H2,1-2H3/t15-,16-,19-,20-/m0/s1. The largest absolute Gasteiger partial charge is 0.274 e. The van der Waals surface area contributed by atoms with E-state index in [1.807, 2.05) is 32.0 Å². The number of hydrogen-bond acceptors (Lipinski definition) is 2. The number of amides is 2. The molecule has 3 heteroatoms. The highest BCUT2D eigenvalue weighted by Crippen LogP contribution is 2.58. The number of allylic oxidation sites excluding steroid dienone is 4. The molecule has 1 saturated heterocycles. The molecular formula is C22H23NO2. The van der Waals surface area contributed by atoms with Crippen LogP contribution in [0.3, 0.4) is 0 Å². The van der Waals surface area contributed by atoms with Crippen molar-refractivity contribution in [2.75, 3.05) is 4.90 Å². The van der Waals surface area contributed by atoms with E-state index < -0.39 is 0 Å². The van der Waals surface area contributed by atoms with Gasteiger partial charge in [-0.2, -0.15) is 0 Å². The molecule has 3 aliphatic carbocycles. The van der Waals surface area contributed by atoms with Gasteiger partial charge in [-0.25, -0.2) is 4.90 Å². The molecule has 0 spiro atoms. The Morgan fingerprint density at radius 3 is 2.08 bits per heavy atom. The summed E-state index contributed by atoms with van der Waals surface area (Å²) in [5.74, 6) is -0.00647. The third kappa shape index (κ3) is 1.92. The Bertz CT molecular complexity index is 821. The molecule has 2 saturated carbocycles. The Morgan fingerprint density at radius 1 is 0.920 bits per heavy atom. The summed E-state index contributed by atoms with van der Waals surface area (Å²) in [6.45, 7) is 4.01. The molecule has 1 heterocycles. The fourth-order valence-electron chi connectivity index (χ4n) is 5.62. The number of carbonyl (C=O) groups is 2. The maximum atomic E-state index is 13.2. The average Bonchev–Trinajstić information content (AvgIpc) is 3.32. The van der Waals surface area contributed by atoms with Crippen molar-refractivity contribution in [1.29, 1.82) is 0 Å². The Hall–Kier alpha value is -2.16. The summed E-state index contributed by atoms with van der Waals surface area (Å²) in [5.41, 5.74) is 5.87. The van der Waals surface area contributed by atoms with E-state index in [-0.39, 0.29) is 35.5 Å². The third-order valence-corrected chi connectivity index (χ3v) is 6.62. The SMILES string of the molecule is Cc1ccc(N2C(=O)[C@@H]3[C@@H](C2=O)[C@H]2C=C[C@H]3C2=C2CCCC2)c(C)c1. The molecule has 1 aromatic rings. The second-order valence-electron chi connectivity index (χ2n) is 8.06. The molecule has 0 radical (unpaired) electrons. The smallest absolute Gasteiger partial charge is 0.238 e. The van der Waals surface area contributed by atoms with Crippen LogP contribution in [-0.4, -0.2) is 11.8 Å². The minimum Gasteiger partial charge on any atom is -0.274 e. The van der Waals surface area contributed by atoms with Gasteiger partial charge in [-0.15, -0.1) is 0 Å². The highest BCUT2D eigenvalue weighted by atomic mass is 16.2. The fourth-order valence-corrected chi connectivity index (χ4v) is 5.62. The highest BCUT2D eigenvalue weighted by molar-refractivity contribution is 6.23. The summed E-state index contributed by atoms with van der Waals surface area (Å²) >= 11 is 0. The van der Waals surface area contributed by atoms with Crippen LogP contribution in [0.1, 0.15) is 36.8 Å². The summed E-state index contributed by atoms with van der Waals surface area (Å²) in [6.07, 6.45) is 9.22. The van der Waals surface area contributed by atoms with E-state index in [4.69, 9.17) is 0 Å². The molecule has 25 heavy (non-hydrogen) atoms. The second kappa shape index (κ2) is 5.17. The Labute approximate surface area is 148 Å². The molecule has 2 amide bonds. The Morgan fingerprint density at radius 2 is 1.52 bits per heavy atom. The van der Waals surface area contributed by atoms with Gasteiger partial charge < -0.3 is 0 Å². The van der Waals surface area contributed by atoms with Crippen LogP contribution in [0.5, 0.6) is 0 Å². The monoisotopic (exact) mass is 333 g/mol. The van der Waals surface area contributed by atoms with Crippen molar-refractivity contribution >= 4 is 17.5 Å². The maximum absolute atomic E-state index is 13.2. The van der Waals surface area contributed by atoms with Gasteiger partial charge >= 0.3 is 0 Å². The number of aryl methyl sites for hydroxylation is 2. The van der Waals surface area contributed by atoms with Gasteiger partial charge in [0.1, 0.15) is 0 Å². The molecule has 1 aliphatic heterocycles. The van der Waals surface area contributed by atoms with Crippen LogP contribution in [-0.2, 0) is 9.59 Å². The summed E-state index contributed by atoms with van der Waals surface area (Å²) in [5, 5.41) is 0. The van der Waals surface area contributed by atoms with E-state index in [0.29, 0.717) is 0 Å². The molecular weight excluding hydrogens is 310 g/mol. The van der Waals surface area contributed by atoms with Gasteiger partial charge in [0.25, 0.3) is 0 Å². The first-order chi connectivity index (χ1) is 12.1. The van der Waals surface area contributed by atoms with Crippen molar-refractivity contribution in [2.45, 2.75) is 39.5 Å². The lowest BCUT2D eigenvalue weighted by atomic mass is 9.85. The minimum atomic E-state index is -0.175. The predicted octanol–water partition coefficient (Wildman–Crippen LogP) is 4.10. The van der Waals surface area contributed by atoms with Crippen LogP contribution in [0.2, 0.25) is 0 Å². The van der Waals surface area contributed by atoms with Crippen molar-refractivity contribution in [3.63, 3.8) is 0 Å². The molecule has 2 bridgehead atoms. The van der Waals surface area contributed by atoms with Crippen molar-refractivity contribution in [3.8, 4) is 0 Å². The molecule has 1 aromatic carbocycles. The van der Waals surface area contributed by atoms with Crippen molar-refractivity contribution < 1.29 is 9.59 Å². The summed E-state index contributed by atoms with van der Waals surface area (Å²) in [7, 11) is 0. The number of hydrogen-bond donors (Lipinski definition) is 0. The van der Waals surface area contributed by atoms with Gasteiger partial charge in [0.15, 0.2) is 0 Å². The van der Waals surface area contributed by atoms with Crippen molar-refractivity contribution in [1.82, 2.24) is 0 Å². The van der Waals surface area contributed by atoms with E-state index in [1.165, 1.54) is 28.9 Å². The molecule has 0 N–H and O–H groups in total. The molecule has 0 aromatic heterocycles. The van der Waals surface area contributed by atoms with Crippen LogP contribution in [0.4, 0.5) is 5.69 Å². The third-order valence-electron chi connectivity index (χ3n) is 6.62. The van der Waals surface area contributed by atoms with Gasteiger partial charge in [0.05, 0.1) is 17.5 Å². The lowest BCUT2D eigenvalue weighted by Crippen LogP contribution is -2.33. The first-order valence-corrected chi connectivity index (χ1v) is 9.43. The molecule has 3 fully saturated rings. The van der Waals surface area contributed by atoms with Crippen LogP contribution in [0, 0.1) is 37.5 Å². The number of nitrogens with zero attached hydrogens (tertiary/aromatic N) is 1. The van der Waals surface area contributed by atoms with E-state index in [9.17, 15) is 9.59 Å². The van der Waals surface area contributed by atoms with Gasteiger partial charge in [-0.3, -0.25) is 9.59 Å². The van der Waals surface area contributed by atoms with Crippen LogP contribution in [0.25, 0.3) is 0 Å². The van der Waals surface area contributed by atoms with Gasteiger partial charge in [-0.1, -0.05) is 41.0 Å². The highest BCUT2D eigenvalue weighted by Gasteiger charge is 2.62. The van der Waals surface area contributed by atoms with Crippen molar-refractivity contribution in [2.24, 2.45) is 23.7 Å². The van der Waals surface area contributed by atoms with Crippen LogP contribution >= 0.6 is 0 Å². The molecule has 0 unspecified atom stereocenters. The topological polar surface area (TPSA) is 37.4 Å². The first kappa shape index (κ1) is 15.1. The minimum absolute atomic E-state index is 0.00917. The van der Waals surface area contributed by atoms with Crippen LogP contribution < -0.4 is 4.90 Å². The van der Waals surface area contributed by atoms with E-state index in [0.717, 1.165) is 29.7 Å². The van der Waals surface area contributed by atoms with E-state index in [2.05, 4.69) is 12.2 Å².